The van der Waals surface area contributed by atoms with Crippen LogP contribution < -0.4 is 5.32 Å². The van der Waals surface area contributed by atoms with Crippen molar-refractivity contribution in [3.63, 3.8) is 0 Å². The number of hydrogen-bond acceptors (Lipinski definition) is 4. The monoisotopic (exact) mass is 544 g/mol. The highest BCUT2D eigenvalue weighted by Gasteiger charge is 2.30. The summed E-state index contributed by atoms with van der Waals surface area (Å²) in [5, 5.41) is 5.71. The van der Waals surface area contributed by atoms with Gasteiger partial charge in [-0.3, -0.25) is 9.69 Å². The summed E-state index contributed by atoms with van der Waals surface area (Å²) in [4.78, 5) is 14.8. The van der Waals surface area contributed by atoms with E-state index in [0.29, 0.717) is 18.1 Å². The van der Waals surface area contributed by atoms with Gasteiger partial charge in [0.2, 0.25) is 15.9 Å². The number of sulfonamides is 1. The molecule has 0 aliphatic carbocycles. The van der Waals surface area contributed by atoms with E-state index in [1.165, 1.54) is 22.0 Å². The summed E-state index contributed by atoms with van der Waals surface area (Å²) in [7, 11) is -3.77. The van der Waals surface area contributed by atoms with Gasteiger partial charge in [0.05, 0.1) is 11.6 Å². The van der Waals surface area contributed by atoms with Gasteiger partial charge in [0.25, 0.3) is 0 Å². The molecule has 10 heteroatoms. The Balaban J connectivity index is 1.24. The van der Waals surface area contributed by atoms with Crippen molar-refractivity contribution in [3.8, 4) is 0 Å². The lowest BCUT2D eigenvalue weighted by Crippen LogP contribution is -2.50. The number of nitrogens with zero attached hydrogens (tertiary/aromatic N) is 3. The molecular weight excluding hydrogens is 519 g/mol. The van der Waals surface area contributed by atoms with Crippen molar-refractivity contribution in [1.29, 1.82) is 0 Å². The predicted octanol–water partition coefficient (Wildman–Crippen LogP) is 5.07. The number of piperazine rings is 1. The lowest BCUT2D eigenvalue weighted by molar-refractivity contribution is -0.117. The van der Waals surface area contributed by atoms with Crippen molar-refractivity contribution in [3.05, 3.63) is 70.7 Å². The second-order valence-corrected chi connectivity index (χ2v) is 11.5. The molecule has 3 aromatic carbocycles. The van der Waals surface area contributed by atoms with Crippen molar-refractivity contribution in [2.75, 3.05) is 38.0 Å². The average molecular weight is 545 g/mol. The van der Waals surface area contributed by atoms with Gasteiger partial charge in [-0.05, 0) is 49.4 Å². The Kier molecular flexibility index (Phi) is 6.98. The van der Waals surface area contributed by atoms with Gasteiger partial charge >= 0.3 is 0 Å². The van der Waals surface area contributed by atoms with Crippen LogP contribution in [0.2, 0.25) is 10.0 Å². The zero-order valence-electron chi connectivity index (χ0n) is 19.7. The quantitative estimate of drug-likeness (QED) is 0.368. The van der Waals surface area contributed by atoms with Crippen LogP contribution in [0.3, 0.4) is 0 Å². The van der Waals surface area contributed by atoms with Crippen molar-refractivity contribution in [2.45, 2.75) is 18.4 Å². The van der Waals surface area contributed by atoms with Gasteiger partial charge in [0.1, 0.15) is 4.90 Å². The van der Waals surface area contributed by atoms with E-state index in [2.05, 4.69) is 28.9 Å². The number of carbonyl (C=O) groups is 1. The van der Waals surface area contributed by atoms with Crippen molar-refractivity contribution in [1.82, 2.24) is 13.8 Å². The number of aromatic nitrogens is 1. The first-order valence-electron chi connectivity index (χ1n) is 11.8. The van der Waals surface area contributed by atoms with Gasteiger partial charge in [0, 0.05) is 65.2 Å². The van der Waals surface area contributed by atoms with Gasteiger partial charge in [-0.1, -0.05) is 41.4 Å². The Morgan fingerprint density at radius 1 is 0.917 bits per heavy atom. The number of para-hydroxylation sites is 1. The maximum Gasteiger partial charge on any atom is 0.244 e. The van der Waals surface area contributed by atoms with Crippen molar-refractivity contribution >= 4 is 66.6 Å². The number of fused-ring (bicyclic) bond motifs is 3. The number of aryl methyl sites for hydroxylation is 1. The average Bonchev–Trinajstić information content (AvgIpc) is 3.18. The number of benzene rings is 3. The number of nitrogens with one attached hydrogen (secondary N) is 1. The fourth-order valence-corrected chi connectivity index (χ4v) is 6.98. The van der Waals surface area contributed by atoms with Crippen LogP contribution >= 0.6 is 23.2 Å². The van der Waals surface area contributed by atoms with Crippen LogP contribution in [0.5, 0.6) is 0 Å². The Labute approximate surface area is 220 Å². The number of hydrogen-bond donors (Lipinski definition) is 1. The van der Waals surface area contributed by atoms with E-state index in [4.69, 9.17) is 23.2 Å². The van der Waals surface area contributed by atoms with Gasteiger partial charge < -0.3 is 9.88 Å². The zero-order valence-corrected chi connectivity index (χ0v) is 22.1. The first-order valence-corrected chi connectivity index (χ1v) is 14.0. The van der Waals surface area contributed by atoms with E-state index in [-0.39, 0.29) is 35.5 Å². The molecule has 5 rings (SSSR count). The smallest absolute Gasteiger partial charge is 0.244 e. The topological polar surface area (TPSA) is 74.7 Å². The predicted molar refractivity (Wildman–Crippen MR) is 145 cm³/mol. The molecule has 0 unspecified atom stereocenters. The van der Waals surface area contributed by atoms with Gasteiger partial charge in [0.15, 0.2) is 0 Å². The van der Waals surface area contributed by atoms with Gasteiger partial charge in [-0.2, -0.15) is 4.31 Å². The Bertz CT molecular complexity index is 1560. The summed E-state index contributed by atoms with van der Waals surface area (Å²) in [5.41, 5.74) is 3.04. The molecule has 0 bridgehead atoms. The van der Waals surface area contributed by atoms with Crippen LogP contribution in [-0.2, 0) is 21.4 Å². The third-order valence-electron chi connectivity index (χ3n) is 6.58. The maximum absolute atomic E-state index is 13.0. The molecule has 7 nitrogen and oxygen atoms in total. The Hall–Kier alpha value is -2.62. The molecule has 1 amide bonds. The second kappa shape index (κ2) is 10.0. The SMILES string of the molecule is CCn1c2ccccc2c2cc(NC(=O)CN3CCN(S(=O)(=O)c4cc(Cl)ccc4Cl)CC3)ccc21. The van der Waals surface area contributed by atoms with E-state index in [1.54, 1.807) is 6.07 Å². The number of carbonyl (C=O) groups excluding carboxylic acids is 1. The van der Waals surface area contributed by atoms with Crippen molar-refractivity contribution < 1.29 is 13.2 Å². The van der Waals surface area contributed by atoms with Crippen LogP contribution in [0.1, 0.15) is 6.92 Å². The molecule has 1 saturated heterocycles. The Morgan fingerprint density at radius 3 is 2.39 bits per heavy atom. The lowest BCUT2D eigenvalue weighted by atomic mass is 10.1. The number of rotatable bonds is 6. The largest absolute Gasteiger partial charge is 0.341 e. The highest BCUT2D eigenvalue weighted by atomic mass is 35.5. The fraction of sp³-hybridized carbons (Fsp3) is 0.269. The van der Waals surface area contributed by atoms with E-state index in [1.807, 2.05) is 35.2 Å². The third-order valence-corrected chi connectivity index (χ3v) is 9.20. The molecular formula is C26H26Cl2N4O3S. The Morgan fingerprint density at radius 2 is 1.64 bits per heavy atom. The highest BCUT2D eigenvalue weighted by molar-refractivity contribution is 7.89. The number of halogens is 2. The third kappa shape index (κ3) is 4.71. The van der Waals surface area contributed by atoms with E-state index < -0.39 is 10.0 Å². The summed E-state index contributed by atoms with van der Waals surface area (Å²) in [6.07, 6.45) is 0. The highest BCUT2D eigenvalue weighted by Crippen LogP contribution is 2.31. The van der Waals surface area contributed by atoms with Crippen LogP contribution in [0, 0.1) is 0 Å². The first kappa shape index (κ1) is 25.0. The standard InChI is InChI=1S/C26H26Cl2N4O3S/c1-2-32-23-6-4-3-5-20(23)21-16-19(8-10-24(21)32)29-26(33)17-30-11-13-31(14-12-30)36(34,35)25-15-18(27)7-9-22(25)28/h3-10,15-16H,2,11-14,17H2,1H3,(H,29,33). The van der Waals surface area contributed by atoms with Crippen LogP contribution in [0.25, 0.3) is 21.8 Å². The summed E-state index contributed by atoms with van der Waals surface area (Å²) in [6, 6.07) is 18.6. The molecule has 1 aliphatic heterocycles. The van der Waals surface area contributed by atoms with Gasteiger partial charge in [-0.25, -0.2) is 8.42 Å². The van der Waals surface area contributed by atoms with E-state index in [9.17, 15) is 13.2 Å². The molecule has 188 valence electrons. The van der Waals surface area contributed by atoms with Crippen LogP contribution in [-0.4, -0.2) is 60.8 Å². The normalized spacial score (nSPS) is 15.5. The van der Waals surface area contributed by atoms with E-state index in [0.717, 1.165) is 28.5 Å². The molecule has 4 aromatic rings. The first-order chi connectivity index (χ1) is 17.3. The molecule has 0 radical (unpaired) electrons. The second-order valence-electron chi connectivity index (χ2n) is 8.80. The molecule has 2 heterocycles. The zero-order chi connectivity index (χ0) is 25.4. The van der Waals surface area contributed by atoms with Crippen molar-refractivity contribution in [2.24, 2.45) is 0 Å². The minimum atomic E-state index is -3.77. The molecule has 1 fully saturated rings. The summed E-state index contributed by atoms with van der Waals surface area (Å²) >= 11 is 12.1. The minimum absolute atomic E-state index is 0.00248. The summed E-state index contributed by atoms with van der Waals surface area (Å²) in [6.45, 7) is 4.57. The molecule has 36 heavy (non-hydrogen) atoms. The molecule has 0 atom stereocenters. The maximum atomic E-state index is 13.0. The molecule has 0 saturated carbocycles. The summed E-state index contributed by atoms with van der Waals surface area (Å²) < 4.78 is 29.7. The fourth-order valence-electron chi connectivity index (χ4n) is 4.82. The molecule has 1 N–H and O–H groups in total. The molecule has 1 aliphatic rings. The number of anilines is 1. The minimum Gasteiger partial charge on any atom is -0.341 e. The molecule has 1 aromatic heterocycles. The van der Waals surface area contributed by atoms with Crippen LogP contribution in [0.15, 0.2) is 65.6 Å². The van der Waals surface area contributed by atoms with Gasteiger partial charge in [-0.15, -0.1) is 0 Å². The number of amides is 1. The summed E-state index contributed by atoms with van der Waals surface area (Å²) in [5.74, 6) is -0.136. The van der Waals surface area contributed by atoms with Crippen LogP contribution in [0.4, 0.5) is 5.69 Å². The molecule has 0 spiro atoms. The lowest BCUT2D eigenvalue weighted by Gasteiger charge is -2.33. The van der Waals surface area contributed by atoms with E-state index >= 15 is 0 Å².